The predicted molar refractivity (Wildman–Crippen MR) is 67.4 cm³/mol. The molecule has 2 heterocycles. The number of rotatable bonds is 1. The van der Waals surface area contributed by atoms with Gasteiger partial charge in [0.1, 0.15) is 5.69 Å². The molecule has 0 spiro atoms. The van der Waals surface area contributed by atoms with Crippen LogP contribution in [0, 0.1) is 11.8 Å². The lowest BCUT2D eigenvalue weighted by Crippen LogP contribution is -2.33. The van der Waals surface area contributed by atoms with Gasteiger partial charge in [0.2, 0.25) is 0 Å². The van der Waals surface area contributed by atoms with Gasteiger partial charge >= 0.3 is 6.18 Å². The monoisotopic (exact) mass is 300 g/mol. The second-order valence-electron chi connectivity index (χ2n) is 5.68. The van der Waals surface area contributed by atoms with Crippen molar-refractivity contribution in [1.82, 2.24) is 9.88 Å². The van der Waals surface area contributed by atoms with Gasteiger partial charge in [-0.3, -0.25) is 9.78 Å². The predicted octanol–water partition coefficient (Wildman–Crippen LogP) is 1.94. The minimum Gasteiger partial charge on any atom is -0.393 e. The summed E-state index contributed by atoms with van der Waals surface area (Å²) in [5, 5.41) is 9.82. The third-order valence-corrected chi connectivity index (χ3v) is 4.42. The molecule has 1 saturated heterocycles. The molecule has 1 aromatic rings. The number of aromatic nitrogens is 1. The summed E-state index contributed by atoms with van der Waals surface area (Å²) in [7, 11) is 0. The summed E-state index contributed by atoms with van der Waals surface area (Å²) in [6.07, 6.45) is -2.36. The molecule has 7 heteroatoms. The van der Waals surface area contributed by atoms with E-state index < -0.39 is 29.4 Å². The number of carbonyl (C=O) groups excluding carboxylic acids is 1. The maximum Gasteiger partial charge on any atom is 0.418 e. The van der Waals surface area contributed by atoms with E-state index in [1.165, 1.54) is 17.2 Å². The number of likely N-dealkylation sites (tertiary alicyclic amines) is 1. The average molecular weight is 300 g/mol. The smallest absolute Gasteiger partial charge is 0.393 e. The Morgan fingerprint density at radius 1 is 1.33 bits per heavy atom. The van der Waals surface area contributed by atoms with Crippen LogP contribution < -0.4 is 0 Å². The average Bonchev–Trinajstić information content (AvgIpc) is 3.00. The highest BCUT2D eigenvalue weighted by atomic mass is 19.4. The zero-order chi connectivity index (χ0) is 15.2. The van der Waals surface area contributed by atoms with Gasteiger partial charge in [-0.25, -0.2) is 0 Å². The van der Waals surface area contributed by atoms with Crippen molar-refractivity contribution in [2.24, 2.45) is 11.8 Å². The van der Waals surface area contributed by atoms with Gasteiger partial charge in [0.05, 0.1) is 11.7 Å². The molecule has 0 bridgehead atoms. The fraction of sp³-hybridized carbons (Fsp3) is 0.571. The van der Waals surface area contributed by atoms with Gasteiger partial charge in [-0.1, -0.05) is 0 Å². The molecule has 2 aliphatic rings. The molecule has 21 heavy (non-hydrogen) atoms. The first-order valence-corrected chi connectivity index (χ1v) is 6.87. The Morgan fingerprint density at radius 3 is 2.76 bits per heavy atom. The Bertz CT molecular complexity index is 561. The van der Waals surface area contributed by atoms with E-state index in [9.17, 15) is 23.1 Å². The highest BCUT2D eigenvalue weighted by Crippen LogP contribution is 2.39. The van der Waals surface area contributed by atoms with Crippen LogP contribution in [0.15, 0.2) is 18.3 Å². The van der Waals surface area contributed by atoms with Gasteiger partial charge in [0, 0.05) is 25.2 Å². The van der Waals surface area contributed by atoms with Crippen molar-refractivity contribution >= 4 is 5.91 Å². The van der Waals surface area contributed by atoms with E-state index in [0.29, 0.717) is 19.5 Å². The van der Waals surface area contributed by atoms with Crippen molar-refractivity contribution in [1.29, 1.82) is 0 Å². The lowest BCUT2D eigenvalue weighted by Gasteiger charge is -2.20. The zero-order valence-electron chi connectivity index (χ0n) is 11.2. The van der Waals surface area contributed by atoms with Crippen molar-refractivity contribution < 1.29 is 23.1 Å². The summed E-state index contributed by atoms with van der Waals surface area (Å²) >= 11 is 0. The summed E-state index contributed by atoms with van der Waals surface area (Å²) in [4.78, 5) is 17.3. The number of aliphatic hydroxyl groups excluding tert-OH is 1. The van der Waals surface area contributed by atoms with E-state index in [2.05, 4.69) is 4.98 Å². The maximum atomic E-state index is 12.9. The SMILES string of the molecule is O=C(c1ncccc1C(F)(F)F)N1CC2CCC(O)C2C1. The molecule has 1 aromatic heterocycles. The van der Waals surface area contributed by atoms with E-state index >= 15 is 0 Å². The van der Waals surface area contributed by atoms with Gasteiger partial charge in [0.25, 0.3) is 5.91 Å². The van der Waals surface area contributed by atoms with Gasteiger partial charge < -0.3 is 10.0 Å². The third kappa shape index (κ3) is 2.50. The largest absolute Gasteiger partial charge is 0.418 e. The molecular formula is C14H15F3N2O2. The Morgan fingerprint density at radius 2 is 2.10 bits per heavy atom. The number of amides is 1. The first-order valence-electron chi connectivity index (χ1n) is 6.87. The van der Waals surface area contributed by atoms with Gasteiger partial charge in [-0.05, 0) is 30.9 Å². The molecule has 114 valence electrons. The van der Waals surface area contributed by atoms with Crippen LogP contribution in [0.3, 0.4) is 0 Å². The summed E-state index contributed by atoms with van der Waals surface area (Å²) in [5.41, 5.74) is -1.56. The molecule has 2 fully saturated rings. The van der Waals surface area contributed by atoms with Crippen molar-refractivity contribution in [2.75, 3.05) is 13.1 Å². The Kier molecular flexibility index (Phi) is 3.39. The van der Waals surface area contributed by atoms with E-state index in [1.807, 2.05) is 0 Å². The zero-order valence-corrected chi connectivity index (χ0v) is 11.2. The van der Waals surface area contributed by atoms with Crippen LogP contribution in [-0.4, -0.2) is 40.1 Å². The minimum absolute atomic E-state index is 0.0213. The molecule has 4 nitrogen and oxygen atoms in total. The van der Waals surface area contributed by atoms with Gasteiger partial charge in [-0.15, -0.1) is 0 Å². The standard InChI is InChI=1S/C14H15F3N2O2/c15-14(16,17)10-2-1-5-18-12(10)13(21)19-6-8-3-4-11(20)9(8)7-19/h1-2,5,8-9,11,20H,3-4,6-7H2. The number of alkyl halides is 3. The molecule has 0 radical (unpaired) electrons. The Balaban J connectivity index is 1.84. The number of halogens is 3. The lowest BCUT2D eigenvalue weighted by molar-refractivity contribution is -0.138. The van der Waals surface area contributed by atoms with Crippen LogP contribution in [0.5, 0.6) is 0 Å². The number of fused-ring (bicyclic) bond motifs is 1. The summed E-state index contributed by atoms with van der Waals surface area (Å²) in [6.45, 7) is 0.701. The normalized spacial score (nSPS) is 28.8. The molecule has 1 saturated carbocycles. The molecule has 3 atom stereocenters. The number of aliphatic hydroxyl groups is 1. The molecule has 3 rings (SSSR count). The molecule has 0 aromatic carbocycles. The third-order valence-electron chi connectivity index (χ3n) is 4.42. The summed E-state index contributed by atoms with van der Waals surface area (Å²) in [6, 6.07) is 2.04. The second kappa shape index (κ2) is 4.98. The molecule has 1 N–H and O–H groups in total. The van der Waals surface area contributed by atoms with E-state index in [0.717, 1.165) is 12.5 Å². The van der Waals surface area contributed by atoms with Crippen LogP contribution in [0.25, 0.3) is 0 Å². The van der Waals surface area contributed by atoms with E-state index in [-0.39, 0.29) is 11.8 Å². The fourth-order valence-electron chi connectivity index (χ4n) is 3.36. The summed E-state index contributed by atoms with van der Waals surface area (Å²) in [5.74, 6) is -0.543. The maximum absolute atomic E-state index is 12.9. The highest BCUT2D eigenvalue weighted by molar-refractivity contribution is 5.94. The van der Waals surface area contributed by atoms with Crippen molar-refractivity contribution in [3.05, 3.63) is 29.6 Å². The Labute approximate surface area is 119 Å². The topological polar surface area (TPSA) is 53.4 Å². The molecule has 1 aliphatic carbocycles. The van der Waals surface area contributed by atoms with Gasteiger partial charge in [-0.2, -0.15) is 13.2 Å². The number of hydrogen-bond acceptors (Lipinski definition) is 3. The second-order valence-corrected chi connectivity index (χ2v) is 5.68. The number of nitrogens with zero attached hydrogens (tertiary/aromatic N) is 2. The molecule has 3 unspecified atom stereocenters. The molecule has 1 amide bonds. The number of carbonyl (C=O) groups is 1. The van der Waals surface area contributed by atoms with E-state index in [4.69, 9.17) is 0 Å². The highest BCUT2D eigenvalue weighted by Gasteiger charge is 2.45. The van der Waals surface area contributed by atoms with Crippen LogP contribution >= 0.6 is 0 Å². The van der Waals surface area contributed by atoms with Crippen LogP contribution in [0.1, 0.15) is 28.9 Å². The van der Waals surface area contributed by atoms with Crippen LogP contribution in [0.2, 0.25) is 0 Å². The molecule has 1 aliphatic heterocycles. The van der Waals surface area contributed by atoms with Crippen molar-refractivity contribution in [3.63, 3.8) is 0 Å². The van der Waals surface area contributed by atoms with Crippen molar-refractivity contribution in [3.8, 4) is 0 Å². The van der Waals surface area contributed by atoms with Crippen LogP contribution in [0.4, 0.5) is 13.2 Å². The van der Waals surface area contributed by atoms with Crippen LogP contribution in [-0.2, 0) is 6.18 Å². The van der Waals surface area contributed by atoms with E-state index in [1.54, 1.807) is 0 Å². The fourth-order valence-corrected chi connectivity index (χ4v) is 3.36. The van der Waals surface area contributed by atoms with Crippen molar-refractivity contribution in [2.45, 2.75) is 25.1 Å². The first-order chi connectivity index (χ1) is 9.88. The Hall–Kier alpha value is -1.63. The minimum atomic E-state index is -4.60. The number of hydrogen-bond donors (Lipinski definition) is 1. The summed E-state index contributed by atoms with van der Waals surface area (Å²) < 4.78 is 38.8. The quantitative estimate of drug-likeness (QED) is 0.862. The lowest BCUT2D eigenvalue weighted by atomic mass is 10.00. The first kappa shape index (κ1) is 14.3. The number of pyridine rings is 1. The molecular weight excluding hydrogens is 285 g/mol. The van der Waals surface area contributed by atoms with Gasteiger partial charge in [0.15, 0.2) is 0 Å².